The lowest BCUT2D eigenvalue weighted by molar-refractivity contribution is 0.0613. The number of imidazole rings is 1. The van der Waals surface area contributed by atoms with E-state index in [1.54, 1.807) is 0 Å². The third-order valence-corrected chi connectivity index (χ3v) is 3.81. The zero-order chi connectivity index (χ0) is 14.3. The molecule has 1 aromatic heterocycles. The highest BCUT2D eigenvalue weighted by molar-refractivity contribution is 5.40. The van der Waals surface area contributed by atoms with Crippen molar-refractivity contribution in [3.63, 3.8) is 0 Å². The van der Waals surface area contributed by atoms with Crippen LogP contribution in [0.5, 0.6) is 5.75 Å². The molecule has 0 bridgehead atoms. The molecule has 0 radical (unpaired) electrons. The molecule has 0 spiro atoms. The lowest BCUT2D eigenvalue weighted by atomic mass is 9.96. The van der Waals surface area contributed by atoms with E-state index in [4.69, 9.17) is 4.74 Å². The molecule has 2 unspecified atom stereocenters. The van der Waals surface area contributed by atoms with Crippen molar-refractivity contribution >= 4 is 0 Å². The van der Waals surface area contributed by atoms with Gasteiger partial charge in [-0.2, -0.15) is 0 Å². The Balaban J connectivity index is 1.95. The van der Waals surface area contributed by atoms with Crippen LogP contribution in [0.3, 0.4) is 0 Å². The van der Waals surface area contributed by atoms with E-state index in [-0.39, 0.29) is 6.10 Å². The lowest BCUT2D eigenvalue weighted by Crippen LogP contribution is -2.22. The summed E-state index contributed by atoms with van der Waals surface area (Å²) in [7, 11) is 0. The molecule has 2 heterocycles. The van der Waals surface area contributed by atoms with Crippen LogP contribution < -0.4 is 4.74 Å². The van der Waals surface area contributed by atoms with Crippen LogP contribution in [0.4, 0.5) is 0 Å². The summed E-state index contributed by atoms with van der Waals surface area (Å²) in [6.07, 6.45) is 3.58. The lowest BCUT2D eigenvalue weighted by Gasteiger charge is -2.30. The third-order valence-electron chi connectivity index (χ3n) is 3.81. The first kappa shape index (κ1) is 13.2. The SMILES string of the molecule is Cc1ccc2c(c1)C(O)CC(c1cncn1C(C)C)O2. The zero-order valence-electron chi connectivity index (χ0n) is 12.1. The first-order valence-electron chi connectivity index (χ1n) is 7.03. The molecule has 1 N–H and O–H groups in total. The van der Waals surface area contributed by atoms with Gasteiger partial charge in [-0.15, -0.1) is 0 Å². The van der Waals surface area contributed by atoms with Crippen molar-refractivity contribution in [2.24, 2.45) is 0 Å². The molecule has 2 aromatic rings. The molecule has 0 saturated carbocycles. The first-order chi connectivity index (χ1) is 9.56. The molecule has 2 atom stereocenters. The minimum atomic E-state index is -0.487. The molecule has 106 valence electrons. The summed E-state index contributed by atoms with van der Waals surface area (Å²) >= 11 is 0. The number of aryl methyl sites for hydroxylation is 1. The highest BCUT2D eigenvalue weighted by Gasteiger charge is 2.30. The quantitative estimate of drug-likeness (QED) is 0.912. The van der Waals surface area contributed by atoms with Crippen LogP contribution in [0.1, 0.15) is 55.3 Å². The van der Waals surface area contributed by atoms with Gasteiger partial charge in [-0.25, -0.2) is 4.98 Å². The average molecular weight is 272 g/mol. The Kier molecular flexibility index (Phi) is 3.26. The number of ether oxygens (including phenoxy) is 1. The predicted octanol–water partition coefficient (Wildman–Crippen LogP) is 3.33. The van der Waals surface area contributed by atoms with E-state index >= 15 is 0 Å². The summed E-state index contributed by atoms with van der Waals surface area (Å²) in [4.78, 5) is 4.22. The van der Waals surface area contributed by atoms with Gasteiger partial charge in [0, 0.05) is 18.0 Å². The zero-order valence-corrected chi connectivity index (χ0v) is 12.1. The molecule has 0 aliphatic carbocycles. The molecule has 0 saturated heterocycles. The van der Waals surface area contributed by atoms with Crippen molar-refractivity contribution in [2.45, 2.75) is 45.4 Å². The van der Waals surface area contributed by atoms with Crippen molar-refractivity contribution in [1.82, 2.24) is 9.55 Å². The fraction of sp³-hybridized carbons (Fsp3) is 0.438. The van der Waals surface area contributed by atoms with Crippen LogP contribution in [-0.4, -0.2) is 14.7 Å². The van der Waals surface area contributed by atoms with Crippen molar-refractivity contribution in [1.29, 1.82) is 0 Å². The predicted molar refractivity (Wildman–Crippen MR) is 76.7 cm³/mol. The Morgan fingerprint density at radius 2 is 2.20 bits per heavy atom. The van der Waals surface area contributed by atoms with Crippen LogP contribution in [0, 0.1) is 6.92 Å². The van der Waals surface area contributed by atoms with Crippen molar-refractivity contribution in [2.75, 3.05) is 0 Å². The van der Waals surface area contributed by atoms with Gasteiger partial charge >= 0.3 is 0 Å². The Hall–Kier alpha value is -1.81. The van der Waals surface area contributed by atoms with Crippen LogP contribution >= 0.6 is 0 Å². The van der Waals surface area contributed by atoms with Crippen molar-refractivity contribution in [3.8, 4) is 5.75 Å². The number of fused-ring (bicyclic) bond motifs is 1. The van der Waals surface area contributed by atoms with E-state index in [2.05, 4.69) is 23.4 Å². The second kappa shape index (κ2) is 4.94. The number of aromatic nitrogens is 2. The molecule has 1 aromatic carbocycles. The van der Waals surface area contributed by atoms with Gasteiger partial charge in [-0.3, -0.25) is 0 Å². The second-order valence-electron chi connectivity index (χ2n) is 5.72. The number of aliphatic hydroxyl groups is 1. The fourth-order valence-electron chi connectivity index (χ4n) is 2.74. The molecule has 4 nitrogen and oxygen atoms in total. The summed E-state index contributed by atoms with van der Waals surface area (Å²) in [5.74, 6) is 0.774. The van der Waals surface area contributed by atoms with Gasteiger partial charge in [-0.05, 0) is 32.9 Å². The molecule has 0 amide bonds. The molecule has 0 fully saturated rings. The maximum Gasteiger partial charge on any atom is 0.143 e. The largest absolute Gasteiger partial charge is 0.484 e. The van der Waals surface area contributed by atoms with Gasteiger partial charge in [0.1, 0.15) is 11.9 Å². The molecule has 3 rings (SSSR count). The van der Waals surface area contributed by atoms with Crippen molar-refractivity contribution < 1.29 is 9.84 Å². The molecule has 1 aliphatic rings. The van der Waals surface area contributed by atoms with Gasteiger partial charge in [0.25, 0.3) is 0 Å². The van der Waals surface area contributed by atoms with Crippen LogP contribution in [-0.2, 0) is 0 Å². The summed E-state index contributed by atoms with van der Waals surface area (Å²) < 4.78 is 8.17. The Labute approximate surface area is 119 Å². The Bertz CT molecular complexity index is 619. The molecule has 20 heavy (non-hydrogen) atoms. The summed E-state index contributed by atoms with van der Waals surface area (Å²) in [5, 5.41) is 10.4. The molecule has 4 heteroatoms. The maximum absolute atomic E-state index is 10.4. The highest BCUT2D eigenvalue weighted by atomic mass is 16.5. The number of nitrogens with zero attached hydrogens (tertiary/aromatic N) is 2. The summed E-state index contributed by atoms with van der Waals surface area (Å²) in [5.41, 5.74) is 3.04. The Morgan fingerprint density at radius 3 is 2.95 bits per heavy atom. The van der Waals surface area contributed by atoms with E-state index in [0.29, 0.717) is 12.5 Å². The second-order valence-corrected chi connectivity index (χ2v) is 5.72. The van der Waals surface area contributed by atoms with Gasteiger partial charge in [0.2, 0.25) is 0 Å². The molecule has 1 aliphatic heterocycles. The van der Waals surface area contributed by atoms with Gasteiger partial charge in [-0.1, -0.05) is 11.6 Å². The van der Waals surface area contributed by atoms with E-state index in [1.807, 2.05) is 37.6 Å². The Morgan fingerprint density at radius 1 is 1.40 bits per heavy atom. The highest BCUT2D eigenvalue weighted by Crippen LogP contribution is 2.41. The molecular formula is C16H20N2O2. The van der Waals surface area contributed by atoms with Crippen molar-refractivity contribution in [3.05, 3.63) is 47.5 Å². The number of benzene rings is 1. The van der Waals surface area contributed by atoms with E-state index < -0.39 is 6.10 Å². The van der Waals surface area contributed by atoms with Gasteiger partial charge < -0.3 is 14.4 Å². The topological polar surface area (TPSA) is 47.3 Å². The minimum Gasteiger partial charge on any atom is -0.484 e. The number of rotatable bonds is 2. The maximum atomic E-state index is 10.4. The normalized spacial score (nSPS) is 21.6. The summed E-state index contributed by atoms with van der Waals surface area (Å²) in [6.45, 7) is 6.25. The van der Waals surface area contributed by atoms with Gasteiger partial charge in [0.15, 0.2) is 0 Å². The van der Waals surface area contributed by atoms with E-state index in [0.717, 1.165) is 22.6 Å². The molecular weight excluding hydrogens is 252 g/mol. The number of hydrogen-bond acceptors (Lipinski definition) is 3. The van der Waals surface area contributed by atoms with Gasteiger partial charge in [0.05, 0.1) is 24.3 Å². The number of aliphatic hydroxyl groups excluding tert-OH is 1. The summed E-state index contributed by atoms with van der Waals surface area (Å²) in [6, 6.07) is 6.27. The third kappa shape index (κ3) is 2.20. The van der Waals surface area contributed by atoms with Crippen LogP contribution in [0.15, 0.2) is 30.7 Å². The smallest absolute Gasteiger partial charge is 0.143 e. The standard InChI is InChI=1S/C16H20N2O2/c1-10(2)18-9-17-8-13(18)16-7-14(19)12-6-11(3)4-5-15(12)20-16/h4-6,8-10,14,16,19H,7H2,1-3H3. The monoisotopic (exact) mass is 272 g/mol. The first-order valence-corrected chi connectivity index (χ1v) is 7.03. The minimum absolute atomic E-state index is 0.148. The van der Waals surface area contributed by atoms with Crippen LogP contribution in [0.25, 0.3) is 0 Å². The average Bonchev–Trinajstić information content (AvgIpc) is 2.89. The van der Waals surface area contributed by atoms with Crippen LogP contribution in [0.2, 0.25) is 0 Å². The fourth-order valence-corrected chi connectivity index (χ4v) is 2.74. The van der Waals surface area contributed by atoms with E-state index in [1.165, 1.54) is 0 Å². The number of hydrogen-bond donors (Lipinski definition) is 1. The van der Waals surface area contributed by atoms with E-state index in [9.17, 15) is 5.11 Å².